The van der Waals surface area contributed by atoms with Crippen LogP contribution in [0.4, 0.5) is 0 Å². The summed E-state index contributed by atoms with van der Waals surface area (Å²) in [5.74, 6) is 0. The molecule has 0 aliphatic rings. The largest absolute Gasteiger partial charge is 0.388 e. The van der Waals surface area contributed by atoms with Gasteiger partial charge >= 0.3 is 0 Å². The summed E-state index contributed by atoms with van der Waals surface area (Å²) in [7, 11) is -3.57. The fourth-order valence-electron chi connectivity index (χ4n) is 1.56. The van der Waals surface area contributed by atoms with E-state index in [0.717, 1.165) is 8.66 Å². The maximum absolute atomic E-state index is 12.1. The molecular formula is C12H12BrN3O2S3. The standard InChI is InChI=1S/C12H12BrN3O2S3/c13-11-4-1-8(20-11)5-6-16-21(17,18)9-2-3-10(12(14)19)15-7-9/h1-4,7,16H,5-6H2,(H2,14,19). The third-order valence-electron chi connectivity index (χ3n) is 2.59. The number of rotatable bonds is 6. The lowest BCUT2D eigenvalue weighted by atomic mass is 10.3. The second kappa shape index (κ2) is 6.93. The van der Waals surface area contributed by atoms with Gasteiger partial charge in [0.1, 0.15) is 9.88 Å². The Labute approximate surface area is 140 Å². The number of thiocarbonyl (C=S) groups is 1. The van der Waals surface area contributed by atoms with Crippen LogP contribution >= 0.6 is 39.5 Å². The zero-order valence-electron chi connectivity index (χ0n) is 10.7. The fraction of sp³-hybridized carbons (Fsp3) is 0.167. The fourth-order valence-corrected chi connectivity index (χ4v) is 4.14. The molecule has 0 aliphatic carbocycles. The molecule has 112 valence electrons. The molecule has 0 spiro atoms. The number of nitrogens with one attached hydrogen (secondary N) is 1. The van der Waals surface area contributed by atoms with E-state index in [1.165, 1.54) is 18.3 Å². The molecule has 3 N–H and O–H groups in total. The minimum atomic E-state index is -3.57. The Kier molecular flexibility index (Phi) is 5.44. The van der Waals surface area contributed by atoms with Crippen LogP contribution in [0, 0.1) is 0 Å². The van der Waals surface area contributed by atoms with Gasteiger partial charge < -0.3 is 5.73 Å². The molecule has 9 heteroatoms. The molecule has 0 saturated carbocycles. The van der Waals surface area contributed by atoms with Gasteiger partial charge in [0.05, 0.1) is 9.48 Å². The van der Waals surface area contributed by atoms with E-state index in [0.29, 0.717) is 18.7 Å². The number of pyridine rings is 1. The molecule has 0 atom stereocenters. The first-order valence-corrected chi connectivity index (χ1v) is 9.38. The lowest BCUT2D eigenvalue weighted by Crippen LogP contribution is -2.26. The van der Waals surface area contributed by atoms with Crippen LogP contribution in [0.2, 0.25) is 0 Å². The first-order chi connectivity index (χ1) is 9.88. The average molecular weight is 406 g/mol. The maximum Gasteiger partial charge on any atom is 0.242 e. The minimum absolute atomic E-state index is 0.0925. The summed E-state index contributed by atoms with van der Waals surface area (Å²) in [6, 6.07) is 6.83. The van der Waals surface area contributed by atoms with Crippen molar-refractivity contribution in [3.8, 4) is 0 Å². The van der Waals surface area contributed by atoms with E-state index >= 15 is 0 Å². The SMILES string of the molecule is NC(=S)c1ccc(S(=O)(=O)NCCc2ccc(Br)s2)cn1. The Hall–Kier alpha value is -0.870. The number of hydrogen-bond acceptors (Lipinski definition) is 5. The van der Waals surface area contributed by atoms with Crippen LogP contribution in [0.1, 0.15) is 10.6 Å². The lowest BCUT2D eigenvalue weighted by Gasteiger charge is -2.06. The average Bonchev–Trinajstić information content (AvgIpc) is 2.84. The van der Waals surface area contributed by atoms with E-state index in [9.17, 15) is 8.42 Å². The highest BCUT2D eigenvalue weighted by Gasteiger charge is 2.14. The van der Waals surface area contributed by atoms with Crippen LogP contribution in [0.15, 0.2) is 39.1 Å². The summed E-state index contributed by atoms with van der Waals surface area (Å²) in [4.78, 5) is 5.25. The summed E-state index contributed by atoms with van der Waals surface area (Å²) in [5.41, 5.74) is 5.82. The normalized spacial score (nSPS) is 11.5. The summed E-state index contributed by atoms with van der Waals surface area (Å²) < 4.78 is 27.7. The van der Waals surface area contributed by atoms with Crippen molar-refractivity contribution in [3.05, 3.63) is 44.8 Å². The quantitative estimate of drug-likeness (QED) is 0.718. The summed E-state index contributed by atoms with van der Waals surface area (Å²) in [5, 5.41) is 0. The summed E-state index contributed by atoms with van der Waals surface area (Å²) in [6.45, 7) is 0.326. The third kappa shape index (κ3) is 4.55. The Morgan fingerprint density at radius 2 is 2.14 bits per heavy atom. The van der Waals surface area contributed by atoms with Gasteiger partial charge in [-0.2, -0.15) is 0 Å². The van der Waals surface area contributed by atoms with Crippen molar-refractivity contribution in [2.24, 2.45) is 5.73 Å². The van der Waals surface area contributed by atoms with E-state index in [4.69, 9.17) is 18.0 Å². The van der Waals surface area contributed by atoms with Crippen molar-refractivity contribution >= 4 is 54.5 Å². The molecule has 0 saturated heterocycles. The van der Waals surface area contributed by atoms with Gasteiger partial charge in [0, 0.05) is 17.6 Å². The zero-order chi connectivity index (χ0) is 15.5. The molecule has 0 radical (unpaired) electrons. The van der Waals surface area contributed by atoms with Crippen LogP contribution in [0.5, 0.6) is 0 Å². The Morgan fingerprint density at radius 1 is 1.38 bits per heavy atom. The molecular weight excluding hydrogens is 394 g/mol. The second-order valence-corrected chi connectivity index (χ2v) is 8.85. The number of hydrogen-bond donors (Lipinski definition) is 2. The monoisotopic (exact) mass is 405 g/mol. The first-order valence-electron chi connectivity index (χ1n) is 5.88. The predicted octanol–water partition coefficient (Wildman–Crippen LogP) is 2.06. The van der Waals surface area contributed by atoms with Crippen LogP contribution < -0.4 is 10.5 Å². The van der Waals surface area contributed by atoms with Crippen molar-refractivity contribution in [1.82, 2.24) is 9.71 Å². The molecule has 2 heterocycles. The number of halogens is 1. The van der Waals surface area contributed by atoms with Gasteiger partial charge in [0.25, 0.3) is 0 Å². The van der Waals surface area contributed by atoms with Crippen molar-refractivity contribution in [2.75, 3.05) is 6.54 Å². The van der Waals surface area contributed by atoms with Crippen LogP contribution in [-0.2, 0) is 16.4 Å². The smallest absolute Gasteiger partial charge is 0.242 e. The number of thiophene rings is 1. The zero-order valence-corrected chi connectivity index (χ0v) is 14.8. The molecule has 0 unspecified atom stereocenters. The van der Waals surface area contributed by atoms with Crippen LogP contribution in [0.25, 0.3) is 0 Å². The van der Waals surface area contributed by atoms with Gasteiger partial charge in [-0.25, -0.2) is 13.1 Å². The van der Waals surface area contributed by atoms with E-state index in [1.54, 1.807) is 11.3 Å². The highest BCUT2D eigenvalue weighted by atomic mass is 79.9. The molecule has 0 amide bonds. The van der Waals surface area contributed by atoms with E-state index in [2.05, 4.69) is 25.6 Å². The van der Waals surface area contributed by atoms with Gasteiger partial charge in [0.15, 0.2) is 0 Å². The van der Waals surface area contributed by atoms with Gasteiger partial charge in [-0.1, -0.05) is 12.2 Å². The summed E-state index contributed by atoms with van der Waals surface area (Å²) in [6.07, 6.45) is 1.88. The Morgan fingerprint density at radius 3 is 2.67 bits per heavy atom. The minimum Gasteiger partial charge on any atom is -0.388 e. The Bertz CT molecular complexity index is 741. The van der Waals surface area contributed by atoms with Crippen LogP contribution in [0.3, 0.4) is 0 Å². The van der Waals surface area contributed by atoms with Gasteiger partial charge in [0.2, 0.25) is 10.0 Å². The molecule has 0 fully saturated rings. The molecule has 21 heavy (non-hydrogen) atoms. The number of nitrogens with two attached hydrogens (primary N) is 1. The first kappa shape index (κ1) is 16.5. The molecule has 5 nitrogen and oxygen atoms in total. The third-order valence-corrected chi connectivity index (χ3v) is 5.93. The predicted molar refractivity (Wildman–Crippen MR) is 91.0 cm³/mol. The molecule has 0 bridgehead atoms. The van der Waals surface area contributed by atoms with Crippen molar-refractivity contribution in [1.29, 1.82) is 0 Å². The van der Waals surface area contributed by atoms with E-state index in [-0.39, 0.29) is 9.88 Å². The van der Waals surface area contributed by atoms with Crippen molar-refractivity contribution in [2.45, 2.75) is 11.3 Å². The van der Waals surface area contributed by atoms with Crippen LogP contribution in [-0.4, -0.2) is 24.9 Å². The molecule has 0 aliphatic heterocycles. The topological polar surface area (TPSA) is 85.1 Å². The van der Waals surface area contributed by atoms with Crippen molar-refractivity contribution in [3.63, 3.8) is 0 Å². The van der Waals surface area contributed by atoms with Gasteiger partial charge in [-0.15, -0.1) is 11.3 Å². The molecule has 2 rings (SSSR count). The van der Waals surface area contributed by atoms with Gasteiger partial charge in [-0.05, 0) is 46.6 Å². The highest BCUT2D eigenvalue weighted by Crippen LogP contribution is 2.22. The molecule has 2 aromatic rings. The van der Waals surface area contributed by atoms with E-state index in [1.807, 2.05) is 12.1 Å². The van der Waals surface area contributed by atoms with E-state index < -0.39 is 10.0 Å². The highest BCUT2D eigenvalue weighted by molar-refractivity contribution is 9.11. The number of nitrogens with zero attached hydrogens (tertiary/aromatic N) is 1. The number of aromatic nitrogens is 1. The summed E-state index contributed by atoms with van der Waals surface area (Å²) >= 11 is 9.72. The van der Waals surface area contributed by atoms with Crippen molar-refractivity contribution < 1.29 is 8.42 Å². The Balaban J connectivity index is 1.99. The second-order valence-electron chi connectivity index (χ2n) is 4.10. The van der Waals surface area contributed by atoms with Gasteiger partial charge in [-0.3, -0.25) is 4.98 Å². The number of sulfonamides is 1. The lowest BCUT2D eigenvalue weighted by molar-refractivity contribution is 0.581. The molecule has 2 aromatic heterocycles. The molecule has 0 aromatic carbocycles. The maximum atomic E-state index is 12.1.